The van der Waals surface area contributed by atoms with Gasteiger partial charge in [0.25, 0.3) is 0 Å². The molecular weight excluding hydrogens is 401 g/mol. The Morgan fingerprint density at radius 3 is 2.58 bits per heavy atom. The molecule has 1 aliphatic carbocycles. The lowest BCUT2D eigenvalue weighted by Crippen LogP contribution is -2.22. The van der Waals surface area contributed by atoms with Crippen LogP contribution in [0.4, 0.5) is 10.1 Å². The second-order valence-electron chi connectivity index (χ2n) is 7.43. The van der Waals surface area contributed by atoms with Crippen molar-refractivity contribution in [3.05, 3.63) is 71.0 Å². The standard InChI is InChI=1S/C24H20FNO5/c1-13-10-20(26-23(28)24(29)30)17-6-3-7-18(17)22(13)31-16-8-9-21(27)19(12-16)14-4-2-5-15(25)11-14/h2,4-5,8-12,27H,3,6-7H2,1H3,(H,26,28)(H,29,30). The largest absolute Gasteiger partial charge is 0.507 e. The summed E-state index contributed by atoms with van der Waals surface area (Å²) in [6.07, 6.45) is 2.29. The van der Waals surface area contributed by atoms with Gasteiger partial charge in [0.2, 0.25) is 0 Å². The van der Waals surface area contributed by atoms with E-state index in [1.807, 2.05) is 6.92 Å². The number of carboxylic acids is 1. The number of hydrogen-bond donors (Lipinski definition) is 3. The van der Waals surface area contributed by atoms with Gasteiger partial charge in [0.05, 0.1) is 0 Å². The Hall–Kier alpha value is -3.87. The number of ether oxygens (including phenoxy) is 1. The third-order valence-corrected chi connectivity index (χ3v) is 5.30. The topological polar surface area (TPSA) is 95.9 Å². The molecule has 0 aromatic heterocycles. The second kappa shape index (κ2) is 8.10. The molecule has 7 heteroatoms. The minimum Gasteiger partial charge on any atom is -0.507 e. The Kier molecular flexibility index (Phi) is 5.33. The highest BCUT2D eigenvalue weighted by atomic mass is 19.1. The summed E-state index contributed by atoms with van der Waals surface area (Å²) in [6.45, 7) is 1.82. The number of hydrogen-bond acceptors (Lipinski definition) is 4. The Balaban J connectivity index is 1.71. The van der Waals surface area contributed by atoms with Gasteiger partial charge in [-0.2, -0.15) is 0 Å². The lowest BCUT2D eigenvalue weighted by Gasteiger charge is -2.18. The van der Waals surface area contributed by atoms with E-state index in [9.17, 15) is 19.1 Å². The molecule has 1 aliphatic rings. The van der Waals surface area contributed by atoms with Gasteiger partial charge in [-0.1, -0.05) is 12.1 Å². The quantitative estimate of drug-likeness (QED) is 0.526. The fourth-order valence-electron chi connectivity index (χ4n) is 3.91. The fraction of sp³-hybridized carbons (Fsp3) is 0.167. The molecule has 3 N–H and O–H groups in total. The molecule has 1 amide bonds. The predicted octanol–water partition coefficient (Wildman–Crippen LogP) is 4.81. The number of benzene rings is 3. The van der Waals surface area contributed by atoms with E-state index in [0.29, 0.717) is 34.7 Å². The molecule has 0 bridgehead atoms. The van der Waals surface area contributed by atoms with Crippen molar-refractivity contribution in [2.45, 2.75) is 26.2 Å². The molecule has 3 aromatic rings. The summed E-state index contributed by atoms with van der Waals surface area (Å²) in [6, 6.07) is 12.4. The van der Waals surface area contributed by atoms with E-state index in [-0.39, 0.29) is 5.75 Å². The first kappa shape index (κ1) is 20.4. The van der Waals surface area contributed by atoms with E-state index < -0.39 is 17.7 Å². The van der Waals surface area contributed by atoms with Crippen LogP contribution in [0.2, 0.25) is 0 Å². The Bertz CT molecular complexity index is 1200. The lowest BCUT2D eigenvalue weighted by molar-refractivity contribution is -0.147. The summed E-state index contributed by atoms with van der Waals surface area (Å²) in [5.74, 6) is -1.92. The molecule has 0 saturated heterocycles. The van der Waals surface area contributed by atoms with Crippen LogP contribution in [0.3, 0.4) is 0 Å². The average Bonchev–Trinajstić information content (AvgIpc) is 3.22. The van der Waals surface area contributed by atoms with E-state index in [1.165, 1.54) is 18.2 Å². The van der Waals surface area contributed by atoms with Crippen molar-refractivity contribution in [1.82, 2.24) is 0 Å². The van der Waals surface area contributed by atoms with Gasteiger partial charge in [0.1, 0.15) is 23.1 Å². The van der Waals surface area contributed by atoms with Gasteiger partial charge in [0, 0.05) is 16.8 Å². The summed E-state index contributed by atoms with van der Waals surface area (Å²) in [7, 11) is 0. The van der Waals surface area contributed by atoms with Gasteiger partial charge in [-0.05, 0) is 79.3 Å². The van der Waals surface area contributed by atoms with Crippen LogP contribution in [0, 0.1) is 12.7 Å². The zero-order valence-electron chi connectivity index (χ0n) is 16.7. The van der Waals surface area contributed by atoms with E-state index >= 15 is 0 Å². The molecule has 3 aromatic carbocycles. The first-order chi connectivity index (χ1) is 14.8. The number of aliphatic carboxylic acids is 1. The highest BCUT2D eigenvalue weighted by Crippen LogP contribution is 2.42. The SMILES string of the molecule is Cc1cc(NC(=O)C(=O)O)c2c(c1Oc1ccc(O)c(-c3cccc(F)c3)c1)CCC2. The Labute approximate surface area is 177 Å². The number of aryl methyl sites for hydroxylation is 1. The molecule has 4 rings (SSSR count). The van der Waals surface area contributed by atoms with Crippen molar-refractivity contribution >= 4 is 17.6 Å². The summed E-state index contributed by atoms with van der Waals surface area (Å²) in [5, 5.41) is 21.6. The van der Waals surface area contributed by atoms with Crippen LogP contribution in [0.1, 0.15) is 23.1 Å². The highest BCUT2D eigenvalue weighted by molar-refractivity contribution is 6.36. The maximum atomic E-state index is 13.6. The zero-order valence-corrected chi connectivity index (χ0v) is 16.7. The van der Waals surface area contributed by atoms with Crippen LogP contribution in [-0.2, 0) is 22.4 Å². The van der Waals surface area contributed by atoms with Crippen molar-refractivity contribution in [3.8, 4) is 28.4 Å². The number of fused-ring (bicyclic) bond motifs is 1. The van der Waals surface area contributed by atoms with Crippen LogP contribution in [0.5, 0.6) is 17.2 Å². The number of amides is 1. The number of rotatable bonds is 4. The Morgan fingerprint density at radius 2 is 1.84 bits per heavy atom. The third-order valence-electron chi connectivity index (χ3n) is 5.30. The maximum Gasteiger partial charge on any atom is 0.394 e. The third kappa shape index (κ3) is 4.07. The van der Waals surface area contributed by atoms with E-state index in [4.69, 9.17) is 9.84 Å². The van der Waals surface area contributed by atoms with Crippen molar-refractivity contribution in [3.63, 3.8) is 0 Å². The summed E-state index contributed by atoms with van der Waals surface area (Å²) in [4.78, 5) is 22.5. The van der Waals surface area contributed by atoms with Gasteiger partial charge in [0.15, 0.2) is 0 Å². The van der Waals surface area contributed by atoms with Crippen molar-refractivity contribution < 1.29 is 28.9 Å². The summed E-state index contributed by atoms with van der Waals surface area (Å²) >= 11 is 0. The maximum absolute atomic E-state index is 13.6. The zero-order chi connectivity index (χ0) is 22.1. The van der Waals surface area contributed by atoms with Crippen molar-refractivity contribution in [2.75, 3.05) is 5.32 Å². The van der Waals surface area contributed by atoms with Crippen LogP contribution in [0.15, 0.2) is 48.5 Å². The number of phenolic OH excluding ortho intramolecular Hbond substituents is 1. The number of halogens is 1. The molecule has 0 unspecified atom stereocenters. The minimum atomic E-state index is -1.54. The molecule has 0 saturated carbocycles. The van der Waals surface area contributed by atoms with Gasteiger partial charge in [-0.15, -0.1) is 0 Å². The molecule has 158 valence electrons. The van der Waals surface area contributed by atoms with Gasteiger partial charge < -0.3 is 20.3 Å². The number of phenols is 1. The molecular formula is C24H20FNO5. The fourth-order valence-corrected chi connectivity index (χ4v) is 3.91. The molecule has 0 radical (unpaired) electrons. The Morgan fingerprint density at radius 1 is 1.06 bits per heavy atom. The number of carboxylic acid groups (broad SMARTS) is 1. The molecule has 0 aliphatic heterocycles. The minimum absolute atomic E-state index is 0.00614. The smallest absolute Gasteiger partial charge is 0.394 e. The van der Waals surface area contributed by atoms with E-state index in [1.54, 1.807) is 30.3 Å². The molecule has 0 heterocycles. The molecule has 0 spiro atoms. The number of carbonyl (C=O) groups is 2. The first-order valence-electron chi connectivity index (χ1n) is 9.80. The monoisotopic (exact) mass is 421 g/mol. The second-order valence-corrected chi connectivity index (χ2v) is 7.43. The van der Waals surface area contributed by atoms with E-state index in [0.717, 1.165) is 29.5 Å². The van der Waals surface area contributed by atoms with Crippen LogP contribution in [-0.4, -0.2) is 22.1 Å². The number of anilines is 1. The lowest BCUT2D eigenvalue weighted by atomic mass is 10.0. The van der Waals surface area contributed by atoms with Crippen LogP contribution in [0.25, 0.3) is 11.1 Å². The molecule has 31 heavy (non-hydrogen) atoms. The number of aromatic hydroxyl groups is 1. The van der Waals surface area contributed by atoms with Gasteiger partial charge in [-0.25, -0.2) is 9.18 Å². The summed E-state index contributed by atoms with van der Waals surface area (Å²) < 4.78 is 19.8. The van der Waals surface area contributed by atoms with Crippen molar-refractivity contribution in [2.24, 2.45) is 0 Å². The highest BCUT2D eigenvalue weighted by Gasteiger charge is 2.24. The normalized spacial score (nSPS) is 12.3. The molecule has 0 atom stereocenters. The summed E-state index contributed by atoms with van der Waals surface area (Å²) in [5.41, 5.74) is 3.96. The van der Waals surface area contributed by atoms with Crippen LogP contribution < -0.4 is 10.1 Å². The number of nitrogens with one attached hydrogen (secondary N) is 1. The molecule has 6 nitrogen and oxygen atoms in total. The van der Waals surface area contributed by atoms with Gasteiger partial charge in [-0.3, -0.25) is 4.79 Å². The van der Waals surface area contributed by atoms with Gasteiger partial charge >= 0.3 is 11.9 Å². The van der Waals surface area contributed by atoms with Crippen molar-refractivity contribution in [1.29, 1.82) is 0 Å². The van der Waals surface area contributed by atoms with Crippen LogP contribution >= 0.6 is 0 Å². The average molecular weight is 421 g/mol. The van der Waals surface area contributed by atoms with E-state index in [2.05, 4.69) is 5.32 Å². The number of carbonyl (C=O) groups excluding carboxylic acids is 1. The first-order valence-corrected chi connectivity index (χ1v) is 9.80. The molecule has 0 fully saturated rings. The predicted molar refractivity (Wildman–Crippen MR) is 113 cm³/mol.